The van der Waals surface area contributed by atoms with Gasteiger partial charge in [0, 0.05) is 12.6 Å². The highest BCUT2D eigenvalue weighted by molar-refractivity contribution is 5.97. The summed E-state index contributed by atoms with van der Waals surface area (Å²) >= 11 is 0. The summed E-state index contributed by atoms with van der Waals surface area (Å²) in [7, 11) is 0. The number of rotatable bonds is 7. The molecule has 3 N–H and O–H groups in total. The summed E-state index contributed by atoms with van der Waals surface area (Å²) in [4.78, 5) is 12.6. The second kappa shape index (κ2) is 8.59. The van der Waals surface area contributed by atoms with E-state index in [-0.39, 0.29) is 11.9 Å². The Bertz CT molecular complexity index is 496. The fraction of sp³-hybridized carbons (Fsp3) is 0.500. The van der Waals surface area contributed by atoms with E-state index in [1.54, 1.807) is 18.2 Å². The van der Waals surface area contributed by atoms with Crippen LogP contribution < -0.4 is 15.8 Å². The molecule has 1 unspecified atom stereocenters. The van der Waals surface area contributed by atoms with Crippen molar-refractivity contribution in [1.82, 2.24) is 5.32 Å². The SMILES string of the molecule is C=CCOc1ccccc1C(=O)NC(CN)C1CCCCC1. The maximum atomic E-state index is 12.6. The number of ether oxygens (including phenoxy) is 1. The number of carbonyl (C=O) groups is 1. The number of benzene rings is 1. The molecule has 1 fully saturated rings. The molecule has 0 radical (unpaired) electrons. The highest BCUT2D eigenvalue weighted by Crippen LogP contribution is 2.27. The summed E-state index contributed by atoms with van der Waals surface area (Å²) in [6.07, 6.45) is 7.72. The molecular weight excluding hydrogens is 276 g/mol. The van der Waals surface area contributed by atoms with Crippen molar-refractivity contribution < 1.29 is 9.53 Å². The molecule has 1 atom stereocenters. The molecule has 0 spiro atoms. The second-order valence-electron chi connectivity index (χ2n) is 5.81. The minimum atomic E-state index is -0.110. The molecule has 0 aliphatic heterocycles. The minimum absolute atomic E-state index is 0.0419. The van der Waals surface area contributed by atoms with Gasteiger partial charge in [0.2, 0.25) is 0 Å². The van der Waals surface area contributed by atoms with Gasteiger partial charge in [-0.1, -0.05) is 44.1 Å². The predicted molar refractivity (Wildman–Crippen MR) is 89.0 cm³/mol. The zero-order valence-corrected chi connectivity index (χ0v) is 13.1. The summed E-state index contributed by atoms with van der Waals surface area (Å²) < 4.78 is 5.56. The van der Waals surface area contributed by atoms with Crippen molar-refractivity contribution in [2.24, 2.45) is 11.7 Å². The van der Waals surface area contributed by atoms with Crippen LogP contribution in [0.2, 0.25) is 0 Å². The number of nitrogens with one attached hydrogen (secondary N) is 1. The Morgan fingerprint density at radius 1 is 1.36 bits per heavy atom. The molecule has 0 bridgehead atoms. The Kier molecular flexibility index (Phi) is 6.46. The van der Waals surface area contributed by atoms with Gasteiger partial charge in [-0.2, -0.15) is 0 Å². The van der Waals surface area contributed by atoms with Crippen LogP contribution in [0, 0.1) is 5.92 Å². The van der Waals surface area contributed by atoms with Gasteiger partial charge < -0.3 is 15.8 Å². The van der Waals surface area contributed by atoms with Gasteiger partial charge in [0.1, 0.15) is 12.4 Å². The van der Waals surface area contributed by atoms with Gasteiger partial charge in [-0.3, -0.25) is 4.79 Å². The first kappa shape index (κ1) is 16.6. The van der Waals surface area contributed by atoms with Crippen molar-refractivity contribution in [2.75, 3.05) is 13.2 Å². The van der Waals surface area contributed by atoms with Crippen molar-refractivity contribution in [2.45, 2.75) is 38.1 Å². The van der Waals surface area contributed by atoms with Crippen molar-refractivity contribution in [3.8, 4) is 5.75 Å². The van der Waals surface area contributed by atoms with E-state index in [9.17, 15) is 4.79 Å². The van der Waals surface area contributed by atoms with Crippen LogP contribution in [-0.2, 0) is 0 Å². The first-order valence-electron chi connectivity index (χ1n) is 8.10. The molecule has 1 aromatic carbocycles. The van der Waals surface area contributed by atoms with Gasteiger partial charge in [-0.05, 0) is 30.9 Å². The molecule has 1 saturated carbocycles. The van der Waals surface area contributed by atoms with Gasteiger partial charge in [0.05, 0.1) is 5.56 Å². The van der Waals surface area contributed by atoms with E-state index in [0.29, 0.717) is 30.4 Å². The van der Waals surface area contributed by atoms with Gasteiger partial charge in [0.15, 0.2) is 0 Å². The number of carbonyl (C=O) groups excluding carboxylic acids is 1. The lowest BCUT2D eigenvalue weighted by molar-refractivity contribution is 0.0912. The quantitative estimate of drug-likeness (QED) is 0.761. The first-order valence-corrected chi connectivity index (χ1v) is 8.10. The van der Waals surface area contributed by atoms with E-state index >= 15 is 0 Å². The van der Waals surface area contributed by atoms with Crippen LogP contribution in [0.25, 0.3) is 0 Å². The molecule has 22 heavy (non-hydrogen) atoms. The summed E-state index contributed by atoms with van der Waals surface area (Å²) in [6.45, 7) is 4.49. The number of amides is 1. The number of hydrogen-bond acceptors (Lipinski definition) is 3. The highest BCUT2D eigenvalue weighted by atomic mass is 16.5. The van der Waals surface area contributed by atoms with E-state index in [4.69, 9.17) is 10.5 Å². The minimum Gasteiger partial charge on any atom is -0.489 e. The maximum Gasteiger partial charge on any atom is 0.255 e. The van der Waals surface area contributed by atoms with Crippen molar-refractivity contribution in [1.29, 1.82) is 0 Å². The average Bonchev–Trinajstić information content (AvgIpc) is 2.58. The predicted octanol–water partition coefficient (Wildman–Crippen LogP) is 2.89. The van der Waals surface area contributed by atoms with Crippen molar-refractivity contribution >= 4 is 5.91 Å². The number of para-hydroxylation sites is 1. The molecule has 0 heterocycles. The molecule has 0 aromatic heterocycles. The van der Waals surface area contributed by atoms with E-state index in [1.807, 2.05) is 12.1 Å². The van der Waals surface area contributed by atoms with E-state index < -0.39 is 0 Å². The highest BCUT2D eigenvalue weighted by Gasteiger charge is 2.25. The summed E-state index contributed by atoms with van der Waals surface area (Å²) in [5.74, 6) is 0.962. The summed E-state index contributed by atoms with van der Waals surface area (Å²) in [6, 6.07) is 7.32. The fourth-order valence-electron chi connectivity index (χ4n) is 3.08. The van der Waals surface area contributed by atoms with Crippen LogP contribution in [0.4, 0.5) is 0 Å². The van der Waals surface area contributed by atoms with Crippen LogP contribution in [-0.4, -0.2) is 25.1 Å². The monoisotopic (exact) mass is 302 g/mol. The lowest BCUT2D eigenvalue weighted by Gasteiger charge is -2.30. The van der Waals surface area contributed by atoms with Crippen LogP contribution in [0.1, 0.15) is 42.5 Å². The Morgan fingerprint density at radius 3 is 2.77 bits per heavy atom. The lowest BCUT2D eigenvalue weighted by atomic mass is 9.84. The first-order chi connectivity index (χ1) is 10.8. The van der Waals surface area contributed by atoms with Crippen LogP contribution in [0.3, 0.4) is 0 Å². The van der Waals surface area contributed by atoms with E-state index in [2.05, 4.69) is 11.9 Å². The van der Waals surface area contributed by atoms with Gasteiger partial charge >= 0.3 is 0 Å². The third-order valence-electron chi connectivity index (χ3n) is 4.28. The Hall–Kier alpha value is -1.81. The Labute approximate surface area is 132 Å². The molecule has 1 aliphatic carbocycles. The van der Waals surface area contributed by atoms with Gasteiger partial charge in [-0.25, -0.2) is 0 Å². The second-order valence-corrected chi connectivity index (χ2v) is 5.81. The van der Waals surface area contributed by atoms with Crippen LogP contribution in [0.15, 0.2) is 36.9 Å². The molecule has 120 valence electrons. The summed E-state index contributed by atoms with van der Waals surface area (Å²) in [5.41, 5.74) is 6.44. The van der Waals surface area contributed by atoms with Crippen LogP contribution >= 0.6 is 0 Å². The maximum absolute atomic E-state index is 12.6. The van der Waals surface area contributed by atoms with E-state index in [0.717, 1.165) is 12.8 Å². The zero-order chi connectivity index (χ0) is 15.8. The molecule has 1 amide bonds. The number of hydrogen-bond donors (Lipinski definition) is 2. The third-order valence-corrected chi connectivity index (χ3v) is 4.28. The number of nitrogens with two attached hydrogens (primary N) is 1. The van der Waals surface area contributed by atoms with Gasteiger partial charge in [-0.15, -0.1) is 0 Å². The topological polar surface area (TPSA) is 64.3 Å². The molecule has 4 nitrogen and oxygen atoms in total. The molecule has 1 aliphatic rings. The smallest absolute Gasteiger partial charge is 0.255 e. The largest absolute Gasteiger partial charge is 0.489 e. The van der Waals surface area contributed by atoms with Crippen LogP contribution in [0.5, 0.6) is 5.75 Å². The zero-order valence-electron chi connectivity index (χ0n) is 13.1. The summed E-state index contributed by atoms with van der Waals surface area (Å²) in [5, 5.41) is 3.10. The average molecular weight is 302 g/mol. The molecule has 1 aromatic rings. The molecule has 0 saturated heterocycles. The normalized spacial score (nSPS) is 16.8. The molecule has 4 heteroatoms. The molecule has 2 rings (SSSR count). The fourth-order valence-corrected chi connectivity index (χ4v) is 3.08. The van der Waals surface area contributed by atoms with Crippen molar-refractivity contribution in [3.63, 3.8) is 0 Å². The Balaban J connectivity index is 2.05. The van der Waals surface area contributed by atoms with E-state index in [1.165, 1.54) is 19.3 Å². The third kappa shape index (κ3) is 4.34. The van der Waals surface area contributed by atoms with Gasteiger partial charge in [0.25, 0.3) is 5.91 Å². The lowest BCUT2D eigenvalue weighted by Crippen LogP contribution is -2.46. The molecular formula is C18H26N2O2. The van der Waals surface area contributed by atoms with Crippen molar-refractivity contribution in [3.05, 3.63) is 42.5 Å². The Morgan fingerprint density at radius 2 is 2.09 bits per heavy atom. The standard InChI is InChI=1S/C18H26N2O2/c1-2-12-22-17-11-7-6-10-15(17)18(21)20-16(13-19)14-8-4-3-5-9-14/h2,6-7,10-11,14,16H,1,3-5,8-9,12-13,19H2,(H,20,21).